The molecular formula is C40H38F2N2O5. The summed E-state index contributed by atoms with van der Waals surface area (Å²) in [6.45, 7) is 2.92. The van der Waals surface area contributed by atoms with Gasteiger partial charge in [-0.2, -0.15) is 0 Å². The molecule has 0 radical (unpaired) electrons. The lowest BCUT2D eigenvalue weighted by Gasteiger charge is -2.10. The van der Waals surface area contributed by atoms with Crippen LogP contribution in [0.1, 0.15) is 68.7 Å². The molecule has 2 aliphatic heterocycles. The van der Waals surface area contributed by atoms with Gasteiger partial charge in [0.25, 0.3) is 5.91 Å². The van der Waals surface area contributed by atoms with Crippen molar-refractivity contribution in [2.75, 3.05) is 26.3 Å². The summed E-state index contributed by atoms with van der Waals surface area (Å²) in [7, 11) is 0. The molecular weight excluding hydrogens is 626 g/mol. The Kier molecular flexibility index (Phi) is 14.5. The van der Waals surface area contributed by atoms with Crippen LogP contribution < -0.4 is 11.1 Å². The number of hydrogen-bond donors (Lipinski definition) is 3. The minimum Gasteiger partial charge on any atom is -0.478 e. The van der Waals surface area contributed by atoms with E-state index in [9.17, 15) is 18.4 Å². The topological polar surface area (TPSA) is 111 Å². The van der Waals surface area contributed by atoms with E-state index in [0.29, 0.717) is 41.4 Å². The molecule has 2 fully saturated rings. The third kappa shape index (κ3) is 12.3. The lowest BCUT2D eigenvalue weighted by molar-refractivity contribution is 0.0696. The number of carbonyl (C=O) groups excluding carboxylic acids is 1. The molecule has 0 bridgehead atoms. The van der Waals surface area contributed by atoms with Gasteiger partial charge < -0.3 is 25.6 Å². The fourth-order valence-corrected chi connectivity index (χ4v) is 4.75. The summed E-state index contributed by atoms with van der Waals surface area (Å²) < 4.78 is 37.4. The van der Waals surface area contributed by atoms with Crippen molar-refractivity contribution in [3.8, 4) is 23.7 Å². The van der Waals surface area contributed by atoms with Crippen LogP contribution in [-0.2, 0) is 9.47 Å². The summed E-state index contributed by atoms with van der Waals surface area (Å²) in [5.41, 5.74) is 8.13. The Morgan fingerprint density at radius 3 is 1.57 bits per heavy atom. The molecule has 7 nitrogen and oxygen atoms in total. The van der Waals surface area contributed by atoms with E-state index in [1.54, 1.807) is 72.8 Å². The number of ether oxygens (including phenoxy) is 2. The van der Waals surface area contributed by atoms with Crippen molar-refractivity contribution in [1.29, 1.82) is 0 Å². The van der Waals surface area contributed by atoms with Gasteiger partial charge in [0, 0.05) is 43.0 Å². The summed E-state index contributed by atoms with van der Waals surface area (Å²) in [6.07, 6.45) is 4.90. The highest BCUT2D eigenvalue weighted by Crippen LogP contribution is 2.12. The standard InChI is InChI=1S/C20H18FNO2.C15H9FO2.C5H11NO/c21-19-6-2-1-4-16(19)10-7-15-8-11-17(12-9-15)20(23)22-14-18-5-3-13-24-18;16-14-4-2-1-3-12(14)8-5-11-6-9-13(10-7-11)15(17)18;6-4-5-2-1-3-7-5/h1-2,4,6,8-9,11-12,18H,3,5,13-14H2,(H,22,23);1-4,6-7,9-10H,(H,17,18);5H,1-4,6H2/t18-;;5-/m1.1/s1. The monoisotopic (exact) mass is 664 g/mol. The maximum absolute atomic E-state index is 13.5. The highest BCUT2D eigenvalue weighted by molar-refractivity contribution is 5.94. The third-order valence-electron chi connectivity index (χ3n) is 7.51. The van der Waals surface area contributed by atoms with Crippen molar-refractivity contribution in [3.05, 3.63) is 142 Å². The molecule has 4 aromatic carbocycles. The molecule has 6 rings (SSSR count). The zero-order valence-corrected chi connectivity index (χ0v) is 27.0. The average Bonchev–Trinajstić information content (AvgIpc) is 3.86. The van der Waals surface area contributed by atoms with Gasteiger partial charge in [-0.15, -0.1) is 0 Å². The summed E-state index contributed by atoms with van der Waals surface area (Å²) in [5, 5.41) is 11.6. The highest BCUT2D eigenvalue weighted by atomic mass is 19.1. The van der Waals surface area contributed by atoms with Crippen molar-refractivity contribution in [1.82, 2.24) is 5.32 Å². The quantitative estimate of drug-likeness (QED) is 0.220. The van der Waals surface area contributed by atoms with E-state index in [0.717, 1.165) is 38.0 Å². The number of amides is 1. The summed E-state index contributed by atoms with van der Waals surface area (Å²) in [5.74, 6) is 9.38. The van der Waals surface area contributed by atoms with Crippen LogP contribution in [0.3, 0.4) is 0 Å². The normalized spacial score (nSPS) is 15.9. The Labute approximate surface area is 285 Å². The second-order valence-electron chi connectivity index (χ2n) is 11.1. The number of carboxylic acids is 1. The van der Waals surface area contributed by atoms with Gasteiger partial charge in [-0.3, -0.25) is 4.79 Å². The van der Waals surface area contributed by atoms with Gasteiger partial charge in [0.1, 0.15) is 11.6 Å². The Morgan fingerprint density at radius 1 is 0.694 bits per heavy atom. The van der Waals surface area contributed by atoms with Crippen LogP contribution in [0.15, 0.2) is 97.1 Å². The molecule has 2 heterocycles. The van der Waals surface area contributed by atoms with Crippen molar-refractivity contribution in [2.45, 2.75) is 37.9 Å². The van der Waals surface area contributed by atoms with E-state index in [2.05, 4.69) is 29.0 Å². The van der Waals surface area contributed by atoms with Crippen molar-refractivity contribution in [2.24, 2.45) is 5.73 Å². The molecule has 1 amide bonds. The van der Waals surface area contributed by atoms with Gasteiger partial charge in [-0.05, 0) is 98.5 Å². The molecule has 4 N–H and O–H groups in total. The van der Waals surface area contributed by atoms with Gasteiger partial charge in [-0.25, -0.2) is 13.6 Å². The van der Waals surface area contributed by atoms with Crippen LogP contribution in [0.5, 0.6) is 0 Å². The molecule has 9 heteroatoms. The van der Waals surface area contributed by atoms with Crippen LogP contribution in [0.25, 0.3) is 0 Å². The molecule has 4 aromatic rings. The SMILES string of the molecule is NC[C@H]1CCCO1.O=C(NC[C@H]1CCCO1)c1ccc(C#Cc2ccccc2F)cc1.O=C(O)c1ccc(C#Cc2ccccc2F)cc1. The number of carbonyl (C=O) groups is 2. The Morgan fingerprint density at radius 2 is 1.16 bits per heavy atom. The first-order chi connectivity index (χ1) is 23.8. The van der Waals surface area contributed by atoms with E-state index < -0.39 is 5.97 Å². The van der Waals surface area contributed by atoms with Crippen LogP contribution in [-0.4, -0.2) is 55.5 Å². The lowest BCUT2D eigenvalue weighted by atomic mass is 10.1. The smallest absolute Gasteiger partial charge is 0.335 e. The van der Waals surface area contributed by atoms with Gasteiger partial charge in [0.05, 0.1) is 28.9 Å². The number of nitrogens with one attached hydrogen (secondary N) is 1. The third-order valence-corrected chi connectivity index (χ3v) is 7.51. The van der Waals surface area contributed by atoms with Gasteiger partial charge in [-0.1, -0.05) is 47.9 Å². The van der Waals surface area contributed by atoms with Gasteiger partial charge in [0.2, 0.25) is 0 Å². The van der Waals surface area contributed by atoms with E-state index in [1.165, 1.54) is 30.7 Å². The second kappa shape index (κ2) is 19.5. The molecule has 2 saturated heterocycles. The van der Waals surface area contributed by atoms with Crippen LogP contribution in [0.2, 0.25) is 0 Å². The molecule has 0 saturated carbocycles. The lowest BCUT2D eigenvalue weighted by Crippen LogP contribution is -2.31. The molecule has 49 heavy (non-hydrogen) atoms. The Balaban J connectivity index is 0.000000189. The molecule has 0 aromatic heterocycles. The fraction of sp³-hybridized carbons (Fsp3) is 0.250. The number of nitrogens with two attached hydrogens (primary N) is 1. The number of carboxylic acid groups (broad SMARTS) is 1. The second-order valence-corrected chi connectivity index (χ2v) is 11.1. The van der Waals surface area contributed by atoms with Crippen LogP contribution in [0, 0.1) is 35.3 Å². The minimum absolute atomic E-state index is 0.125. The molecule has 2 atom stereocenters. The van der Waals surface area contributed by atoms with E-state index >= 15 is 0 Å². The first-order valence-corrected chi connectivity index (χ1v) is 16.0. The van der Waals surface area contributed by atoms with Crippen molar-refractivity contribution in [3.63, 3.8) is 0 Å². The molecule has 0 unspecified atom stereocenters. The zero-order valence-electron chi connectivity index (χ0n) is 27.0. The summed E-state index contributed by atoms with van der Waals surface area (Å²) >= 11 is 0. The van der Waals surface area contributed by atoms with Crippen molar-refractivity contribution >= 4 is 11.9 Å². The predicted molar refractivity (Wildman–Crippen MR) is 184 cm³/mol. The van der Waals surface area contributed by atoms with Crippen LogP contribution >= 0.6 is 0 Å². The van der Waals surface area contributed by atoms with Crippen molar-refractivity contribution < 1.29 is 33.0 Å². The molecule has 252 valence electrons. The fourth-order valence-electron chi connectivity index (χ4n) is 4.75. The maximum Gasteiger partial charge on any atom is 0.335 e. The predicted octanol–water partition coefficient (Wildman–Crippen LogP) is 6.18. The number of rotatable bonds is 5. The van der Waals surface area contributed by atoms with E-state index in [1.807, 2.05) is 0 Å². The van der Waals surface area contributed by atoms with Crippen LogP contribution in [0.4, 0.5) is 8.78 Å². The molecule has 0 spiro atoms. The molecule has 0 aliphatic carbocycles. The average molecular weight is 665 g/mol. The largest absolute Gasteiger partial charge is 0.478 e. The summed E-state index contributed by atoms with van der Waals surface area (Å²) in [6, 6.07) is 25.7. The number of halogens is 2. The van der Waals surface area contributed by atoms with Gasteiger partial charge in [0.15, 0.2) is 0 Å². The first-order valence-electron chi connectivity index (χ1n) is 16.0. The van der Waals surface area contributed by atoms with Gasteiger partial charge >= 0.3 is 5.97 Å². The number of hydrogen-bond acceptors (Lipinski definition) is 5. The maximum atomic E-state index is 13.5. The molecule has 2 aliphatic rings. The highest BCUT2D eigenvalue weighted by Gasteiger charge is 2.16. The first kappa shape index (κ1) is 36.5. The Bertz CT molecular complexity index is 1790. The zero-order chi connectivity index (χ0) is 34.8. The summed E-state index contributed by atoms with van der Waals surface area (Å²) in [4.78, 5) is 22.7. The number of aromatic carboxylic acids is 1. The van der Waals surface area contributed by atoms with E-state index in [4.69, 9.17) is 20.3 Å². The number of benzene rings is 4. The Hall–Kier alpha value is -5.32. The van der Waals surface area contributed by atoms with E-state index in [-0.39, 0.29) is 29.2 Å². The minimum atomic E-state index is -0.983.